The molecule has 1 saturated heterocycles. The number of carboxylic acids is 1. The van der Waals surface area contributed by atoms with Crippen molar-refractivity contribution in [2.45, 2.75) is 45.1 Å². The third kappa shape index (κ3) is 6.45. The highest BCUT2D eigenvalue weighted by molar-refractivity contribution is 7.56. The first-order valence-corrected chi connectivity index (χ1v) is 11.3. The molecule has 1 heterocycles. The summed E-state index contributed by atoms with van der Waals surface area (Å²) in [7, 11) is -3.12. The summed E-state index contributed by atoms with van der Waals surface area (Å²) < 4.78 is 20.8. The molecule has 1 amide bonds. The van der Waals surface area contributed by atoms with Crippen molar-refractivity contribution < 1.29 is 23.8 Å². The number of nitrogens with one attached hydrogen (secondary N) is 1. The van der Waals surface area contributed by atoms with E-state index < -0.39 is 26.1 Å². The summed E-state index contributed by atoms with van der Waals surface area (Å²) in [4.78, 5) is 23.0. The normalized spacial score (nSPS) is 19.5. The number of carbonyl (C=O) groups is 2. The van der Waals surface area contributed by atoms with Crippen LogP contribution < -0.4 is 5.32 Å². The van der Waals surface area contributed by atoms with Crippen molar-refractivity contribution in [3.8, 4) is 0 Å². The number of unbranched alkanes of at least 4 members (excludes halogenated alkanes) is 1. The highest BCUT2D eigenvalue weighted by Crippen LogP contribution is 2.55. The number of carboxylic acid groups (broad SMARTS) is 1. The highest BCUT2D eigenvalue weighted by atomic mass is 31.2. The van der Waals surface area contributed by atoms with E-state index in [9.17, 15) is 14.2 Å². The van der Waals surface area contributed by atoms with Gasteiger partial charge in [-0.25, -0.2) is 4.67 Å². The Balaban J connectivity index is 1.94. The Morgan fingerprint density at radius 1 is 1.30 bits per heavy atom. The van der Waals surface area contributed by atoms with Gasteiger partial charge in [0.2, 0.25) is 5.91 Å². The van der Waals surface area contributed by atoms with E-state index >= 15 is 0 Å². The molecule has 1 unspecified atom stereocenters. The lowest BCUT2D eigenvalue weighted by Crippen LogP contribution is -2.44. The molecule has 2 rings (SSSR count). The first kappa shape index (κ1) is 21.6. The van der Waals surface area contributed by atoms with E-state index in [0.29, 0.717) is 25.7 Å². The second-order valence-electron chi connectivity index (χ2n) is 6.65. The van der Waals surface area contributed by atoms with Crippen LogP contribution in [0.5, 0.6) is 0 Å². The summed E-state index contributed by atoms with van der Waals surface area (Å²) in [5.74, 6) is -1.49. The number of benzene rings is 1. The van der Waals surface area contributed by atoms with Crippen LogP contribution in [0, 0.1) is 0 Å². The molecular weight excluding hydrogens is 367 g/mol. The maximum atomic E-state index is 13.5. The highest BCUT2D eigenvalue weighted by Gasteiger charge is 2.42. The third-order valence-electron chi connectivity index (χ3n) is 4.66. The molecule has 1 aliphatic rings. The maximum Gasteiger partial charge on any atom is 0.322 e. The van der Waals surface area contributed by atoms with Crippen LogP contribution in [-0.2, 0) is 25.1 Å². The minimum atomic E-state index is -3.12. The van der Waals surface area contributed by atoms with E-state index in [1.165, 1.54) is 5.56 Å². The lowest BCUT2D eigenvalue weighted by atomic mass is 10.1. The Morgan fingerprint density at radius 2 is 2.04 bits per heavy atom. The van der Waals surface area contributed by atoms with Gasteiger partial charge in [0.25, 0.3) is 7.52 Å². The molecule has 0 saturated carbocycles. The van der Waals surface area contributed by atoms with E-state index in [1.807, 2.05) is 18.2 Å². The molecule has 8 heteroatoms. The summed E-state index contributed by atoms with van der Waals surface area (Å²) in [6.45, 7) is 2.21. The van der Waals surface area contributed by atoms with E-state index in [2.05, 4.69) is 17.4 Å². The van der Waals surface area contributed by atoms with Gasteiger partial charge in [0.1, 0.15) is 6.54 Å². The zero-order valence-electron chi connectivity index (χ0n) is 15.8. The summed E-state index contributed by atoms with van der Waals surface area (Å²) in [5, 5.41) is 11.1. The average Bonchev–Trinajstić information content (AvgIpc) is 3.15. The molecule has 2 atom stereocenters. The van der Waals surface area contributed by atoms with Crippen molar-refractivity contribution in [3.05, 3.63) is 35.9 Å². The largest absolute Gasteiger partial charge is 0.480 e. The number of aliphatic carboxylic acids is 1. The van der Waals surface area contributed by atoms with Crippen molar-refractivity contribution in [1.29, 1.82) is 0 Å². The summed E-state index contributed by atoms with van der Waals surface area (Å²) in [6.07, 6.45) is 4.25. The number of rotatable bonds is 11. The van der Waals surface area contributed by atoms with Crippen LogP contribution in [0.4, 0.5) is 0 Å². The van der Waals surface area contributed by atoms with Crippen LogP contribution in [0.2, 0.25) is 0 Å². The molecule has 0 aromatic heterocycles. The molecule has 1 aromatic rings. The Bertz CT molecular complexity index is 667. The Morgan fingerprint density at radius 3 is 2.70 bits per heavy atom. The molecular formula is C19H29N2O5P. The number of carbonyl (C=O) groups excluding carboxylic acids is 1. The Labute approximate surface area is 160 Å². The van der Waals surface area contributed by atoms with E-state index in [0.717, 1.165) is 25.7 Å². The van der Waals surface area contributed by atoms with Crippen molar-refractivity contribution >= 4 is 19.4 Å². The zero-order valence-corrected chi connectivity index (χ0v) is 16.7. The van der Waals surface area contributed by atoms with Gasteiger partial charge >= 0.3 is 5.97 Å². The molecule has 0 aliphatic carbocycles. The lowest BCUT2D eigenvalue weighted by Gasteiger charge is -2.31. The van der Waals surface area contributed by atoms with Crippen molar-refractivity contribution in [2.24, 2.45) is 0 Å². The van der Waals surface area contributed by atoms with Crippen LogP contribution in [0.15, 0.2) is 30.3 Å². The molecule has 27 heavy (non-hydrogen) atoms. The molecule has 0 spiro atoms. The maximum absolute atomic E-state index is 13.5. The van der Waals surface area contributed by atoms with Crippen molar-refractivity contribution in [2.75, 3.05) is 25.9 Å². The fourth-order valence-corrected chi connectivity index (χ4v) is 6.07. The van der Waals surface area contributed by atoms with Crippen LogP contribution >= 0.6 is 7.52 Å². The fourth-order valence-electron chi connectivity index (χ4n) is 3.42. The van der Waals surface area contributed by atoms with Crippen molar-refractivity contribution in [3.63, 3.8) is 0 Å². The molecule has 0 bridgehead atoms. The summed E-state index contributed by atoms with van der Waals surface area (Å²) in [5.41, 5.74) is 1.25. The molecule has 150 valence electrons. The fraction of sp³-hybridized carbons (Fsp3) is 0.579. The first-order chi connectivity index (χ1) is 13.0. The molecule has 1 aromatic carbocycles. The van der Waals surface area contributed by atoms with Gasteiger partial charge in [-0.1, -0.05) is 30.3 Å². The number of hydrogen-bond acceptors (Lipinski definition) is 4. The SMILES string of the molecule is CCOP(=O)(CCCCc1ccccc1)N1CCC[C@H]1C(=O)NCC(=O)O. The number of amides is 1. The van der Waals surface area contributed by atoms with Gasteiger partial charge in [-0.2, -0.15) is 0 Å². The van der Waals surface area contributed by atoms with Crippen LogP contribution in [0.3, 0.4) is 0 Å². The second kappa shape index (κ2) is 10.6. The van der Waals surface area contributed by atoms with Gasteiger partial charge in [-0.15, -0.1) is 0 Å². The van der Waals surface area contributed by atoms with E-state index in [4.69, 9.17) is 9.63 Å². The summed E-state index contributed by atoms with van der Waals surface area (Å²) in [6, 6.07) is 9.55. The topological polar surface area (TPSA) is 95.9 Å². The van der Waals surface area contributed by atoms with Gasteiger partial charge in [-0.05, 0) is 44.6 Å². The quantitative estimate of drug-likeness (QED) is 0.441. The number of hydrogen-bond donors (Lipinski definition) is 2. The van der Waals surface area contributed by atoms with Gasteiger partial charge in [0.15, 0.2) is 0 Å². The standard InChI is InChI=1S/C19H29N2O5P/c1-2-26-27(25,14-7-6-11-16-9-4-3-5-10-16)21-13-8-12-17(21)19(24)20-15-18(22)23/h3-5,9-10,17H,2,6-8,11-15H2,1H3,(H,20,24)(H,22,23)/t17-,27?/m0/s1. The van der Waals surface area contributed by atoms with Crippen molar-refractivity contribution in [1.82, 2.24) is 9.99 Å². The predicted octanol–water partition coefficient (Wildman–Crippen LogP) is 2.90. The number of nitrogens with zero attached hydrogens (tertiary/aromatic N) is 1. The minimum Gasteiger partial charge on any atom is -0.480 e. The van der Waals surface area contributed by atoms with E-state index in [-0.39, 0.29) is 5.91 Å². The lowest BCUT2D eigenvalue weighted by molar-refractivity contribution is -0.138. The summed E-state index contributed by atoms with van der Waals surface area (Å²) >= 11 is 0. The van der Waals surface area contributed by atoms with Crippen LogP contribution in [0.25, 0.3) is 0 Å². The molecule has 0 radical (unpaired) electrons. The second-order valence-corrected chi connectivity index (χ2v) is 9.15. The van der Waals surface area contributed by atoms with Gasteiger partial charge in [0, 0.05) is 12.7 Å². The van der Waals surface area contributed by atoms with Gasteiger partial charge in [-0.3, -0.25) is 14.2 Å². The number of aryl methyl sites for hydroxylation is 1. The molecule has 7 nitrogen and oxygen atoms in total. The zero-order chi connectivity index (χ0) is 19.7. The molecule has 1 fully saturated rings. The smallest absolute Gasteiger partial charge is 0.322 e. The Hall–Kier alpha value is -1.69. The Kier molecular flexibility index (Phi) is 8.48. The third-order valence-corrected chi connectivity index (χ3v) is 7.47. The first-order valence-electron chi connectivity index (χ1n) is 9.50. The minimum absolute atomic E-state index is 0.315. The van der Waals surface area contributed by atoms with E-state index in [1.54, 1.807) is 11.6 Å². The predicted molar refractivity (Wildman–Crippen MR) is 104 cm³/mol. The van der Waals surface area contributed by atoms with Gasteiger partial charge < -0.3 is 14.9 Å². The van der Waals surface area contributed by atoms with Crippen LogP contribution in [-0.4, -0.2) is 53.6 Å². The van der Waals surface area contributed by atoms with Crippen LogP contribution in [0.1, 0.15) is 38.2 Å². The average molecular weight is 396 g/mol. The molecule has 2 N–H and O–H groups in total. The van der Waals surface area contributed by atoms with Gasteiger partial charge in [0.05, 0.1) is 12.6 Å². The molecule has 1 aliphatic heterocycles. The monoisotopic (exact) mass is 396 g/mol.